The van der Waals surface area contributed by atoms with Crippen molar-refractivity contribution in [3.8, 4) is 5.75 Å². The van der Waals surface area contributed by atoms with Gasteiger partial charge >= 0.3 is 0 Å². The Balaban J connectivity index is 2.05. The zero-order valence-corrected chi connectivity index (χ0v) is 17.9. The fraction of sp³-hybridized carbons (Fsp3) is 0.417. The van der Waals surface area contributed by atoms with Gasteiger partial charge in [0.2, 0.25) is 5.91 Å². The molecular formula is C24H32N2O3. The maximum Gasteiger partial charge on any atom is 0.261 e. The Morgan fingerprint density at radius 2 is 1.76 bits per heavy atom. The Bertz CT molecular complexity index is 790. The molecule has 29 heavy (non-hydrogen) atoms. The molecule has 1 N–H and O–H groups in total. The van der Waals surface area contributed by atoms with Gasteiger partial charge in [-0.3, -0.25) is 9.59 Å². The standard InChI is InChI=1S/C24H32N2O3/c1-18(2)16-25-24(28)20(4)26(14-13-21-10-6-5-7-11-21)23(27)17-29-22-12-8-9-19(3)15-22/h5-12,15,18,20H,13-14,16-17H2,1-4H3,(H,25,28)/t20-/m1/s1. The van der Waals surface area contributed by atoms with Gasteiger partial charge in [-0.15, -0.1) is 0 Å². The van der Waals surface area contributed by atoms with Gasteiger partial charge in [-0.05, 0) is 49.4 Å². The zero-order valence-electron chi connectivity index (χ0n) is 17.9. The number of hydrogen-bond donors (Lipinski definition) is 1. The first-order valence-electron chi connectivity index (χ1n) is 10.2. The minimum atomic E-state index is -0.564. The van der Waals surface area contributed by atoms with Gasteiger partial charge in [-0.2, -0.15) is 0 Å². The predicted molar refractivity (Wildman–Crippen MR) is 116 cm³/mol. The molecule has 2 amide bonds. The third kappa shape index (κ3) is 7.60. The van der Waals surface area contributed by atoms with Crippen molar-refractivity contribution in [3.63, 3.8) is 0 Å². The molecule has 0 saturated carbocycles. The summed E-state index contributed by atoms with van der Waals surface area (Å²) in [5.74, 6) is 0.660. The molecule has 0 aliphatic heterocycles. The van der Waals surface area contributed by atoms with Crippen LogP contribution >= 0.6 is 0 Å². The predicted octanol–water partition coefficient (Wildman–Crippen LogP) is 3.61. The van der Waals surface area contributed by atoms with Crippen LogP contribution in [0.25, 0.3) is 0 Å². The maximum absolute atomic E-state index is 12.9. The SMILES string of the molecule is Cc1cccc(OCC(=O)N(CCc2ccccc2)[C@H](C)C(=O)NCC(C)C)c1. The molecule has 0 fully saturated rings. The van der Waals surface area contributed by atoms with E-state index in [-0.39, 0.29) is 18.4 Å². The molecule has 5 nitrogen and oxygen atoms in total. The van der Waals surface area contributed by atoms with Crippen LogP contribution in [0, 0.1) is 12.8 Å². The summed E-state index contributed by atoms with van der Waals surface area (Å²) < 4.78 is 5.69. The van der Waals surface area contributed by atoms with Crippen LogP contribution in [0.2, 0.25) is 0 Å². The molecule has 0 aliphatic carbocycles. The maximum atomic E-state index is 12.9. The van der Waals surface area contributed by atoms with E-state index in [9.17, 15) is 9.59 Å². The van der Waals surface area contributed by atoms with E-state index < -0.39 is 6.04 Å². The number of amides is 2. The lowest BCUT2D eigenvalue weighted by Crippen LogP contribution is -2.50. The van der Waals surface area contributed by atoms with E-state index >= 15 is 0 Å². The number of carbonyl (C=O) groups is 2. The van der Waals surface area contributed by atoms with Crippen LogP contribution in [0.15, 0.2) is 54.6 Å². The molecule has 0 heterocycles. The normalized spacial score (nSPS) is 11.8. The summed E-state index contributed by atoms with van der Waals surface area (Å²) in [5, 5.41) is 2.92. The number of benzene rings is 2. The van der Waals surface area contributed by atoms with Crippen LogP contribution < -0.4 is 10.1 Å². The number of hydrogen-bond acceptors (Lipinski definition) is 3. The van der Waals surface area contributed by atoms with E-state index in [0.717, 1.165) is 11.1 Å². The third-order valence-electron chi connectivity index (χ3n) is 4.69. The van der Waals surface area contributed by atoms with Crippen LogP contribution in [0.3, 0.4) is 0 Å². The first-order valence-corrected chi connectivity index (χ1v) is 10.2. The van der Waals surface area contributed by atoms with Crippen LogP contribution in [-0.4, -0.2) is 42.5 Å². The molecule has 0 spiro atoms. The van der Waals surface area contributed by atoms with Crippen molar-refractivity contribution in [1.82, 2.24) is 10.2 Å². The van der Waals surface area contributed by atoms with Crippen molar-refractivity contribution in [2.24, 2.45) is 5.92 Å². The van der Waals surface area contributed by atoms with Gasteiger partial charge in [0, 0.05) is 13.1 Å². The molecule has 156 valence electrons. The smallest absolute Gasteiger partial charge is 0.261 e. The van der Waals surface area contributed by atoms with Crippen molar-refractivity contribution in [3.05, 3.63) is 65.7 Å². The Morgan fingerprint density at radius 1 is 1.03 bits per heavy atom. The van der Waals surface area contributed by atoms with E-state index in [1.807, 2.05) is 75.4 Å². The number of aryl methyl sites for hydroxylation is 1. The molecule has 2 aromatic rings. The average Bonchev–Trinajstić information content (AvgIpc) is 2.71. The molecule has 0 unspecified atom stereocenters. The lowest BCUT2D eigenvalue weighted by atomic mass is 10.1. The second kappa shape index (κ2) is 11.2. The number of rotatable bonds is 10. The van der Waals surface area contributed by atoms with Crippen LogP contribution in [0.5, 0.6) is 5.75 Å². The number of nitrogens with one attached hydrogen (secondary N) is 1. The van der Waals surface area contributed by atoms with Crippen LogP contribution in [0.1, 0.15) is 31.9 Å². The van der Waals surface area contributed by atoms with Crippen molar-refractivity contribution in [2.45, 2.75) is 40.2 Å². The van der Waals surface area contributed by atoms with Gasteiger partial charge < -0.3 is 15.0 Å². The van der Waals surface area contributed by atoms with E-state index in [1.165, 1.54) is 0 Å². The summed E-state index contributed by atoms with van der Waals surface area (Å²) >= 11 is 0. The molecule has 2 rings (SSSR count). The van der Waals surface area contributed by atoms with Gasteiger partial charge in [0.15, 0.2) is 6.61 Å². The summed E-state index contributed by atoms with van der Waals surface area (Å²) in [6.45, 7) is 8.77. The fourth-order valence-corrected chi connectivity index (χ4v) is 2.96. The summed E-state index contributed by atoms with van der Waals surface area (Å²) in [7, 11) is 0. The lowest BCUT2D eigenvalue weighted by Gasteiger charge is -2.29. The van der Waals surface area contributed by atoms with E-state index in [2.05, 4.69) is 5.32 Å². The summed E-state index contributed by atoms with van der Waals surface area (Å²) in [6.07, 6.45) is 0.679. The minimum absolute atomic E-state index is 0.0972. The molecule has 0 radical (unpaired) electrons. The molecular weight excluding hydrogens is 364 g/mol. The van der Waals surface area contributed by atoms with Crippen molar-refractivity contribution < 1.29 is 14.3 Å². The van der Waals surface area contributed by atoms with Gasteiger partial charge in [0.25, 0.3) is 5.91 Å². The summed E-state index contributed by atoms with van der Waals surface area (Å²) in [5.41, 5.74) is 2.19. The zero-order chi connectivity index (χ0) is 21.2. The van der Waals surface area contributed by atoms with E-state index in [4.69, 9.17) is 4.74 Å². The lowest BCUT2D eigenvalue weighted by molar-refractivity contribution is -0.141. The first-order chi connectivity index (χ1) is 13.9. The molecule has 0 aliphatic rings. The van der Waals surface area contributed by atoms with Gasteiger partial charge in [-0.25, -0.2) is 0 Å². The fourth-order valence-electron chi connectivity index (χ4n) is 2.96. The Labute approximate surface area is 174 Å². The molecule has 0 bridgehead atoms. The number of ether oxygens (including phenoxy) is 1. The second-order valence-electron chi connectivity index (χ2n) is 7.74. The van der Waals surface area contributed by atoms with Gasteiger partial charge in [0.05, 0.1) is 0 Å². The summed E-state index contributed by atoms with van der Waals surface area (Å²) in [4.78, 5) is 27.1. The van der Waals surface area contributed by atoms with Gasteiger partial charge in [-0.1, -0.05) is 56.3 Å². The molecule has 0 saturated heterocycles. The number of nitrogens with zero attached hydrogens (tertiary/aromatic N) is 1. The van der Waals surface area contributed by atoms with Crippen molar-refractivity contribution in [2.75, 3.05) is 19.7 Å². The van der Waals surface area contributed by atoms with E-state index in [0.29, 0.717) is 31.2 Å². The monoisotopic (exact) mass is 396 g/mol. The Kier molecular flexibility index (Phi) is 8.71. The van der Waals surface area contributed by atoms with Crippen LogP contribution in [0.4, 0.5) is 0 Å². The highest BCUT2D eigenvalue weighted by Gasteiger charge is 2.26. The quantitative estimate of drug-likeness (QED) is 0.667. The Morgan fingerprint density at radius 3 is 2.41 bits per heavy atom. The molecule has 0 aromatic heterocycles. The number of carbonyl (C=O) groups excluding carboxylic acids is 2. The van der Waals surface area contributed by atoms with Crippen molar-refractivity contribution >= 4 is 11.8 Å². The average molecular weight is 397 g/mol. The van der Waals surface area contributed by atoms with Crippen LogP contribution in [-0.2, 0) is 16.0 Å². The largest absolute Gasteiger partial charge is 0.484 e. The highest BCUT2D eigenvalue weighted by Crippen LogP contribution is 2.13. The second-order valence-corrected chi connectivity index (χ2v) is 7.74. The highest BCUT2D eigenvalue weighted by atomic mass is 16.5. The third-order valence-corrected chi connectivity index (χ3v) is 4.69. The molecule has 5 heteroatoms. The first kappa shape index (κ1) is 22.5. The summed E-state index contributed by atoms with van der Waals surface area (Å²) in [6, 6.07) is 17.0. The van der Waals surface area contributed by atoms with E-state index in [1.54, 1.807) is 11.8 Å². The highest BCUT2D eigenvalue weighted by molar-refractivity contribution is 5.88. The molecule has 2 aromatic carbocycles. The van der Waals surface area contributed by atoms with Crippen molar-refractivity contribution in [1.29, 1.82) is 0 Å². The minimum Gasteiger partial charge on any atom is -0.484 e. The topological polar surface area (TPSA) is 58.6 Å². The molecule has 1 atom stereocenters. The Hall–Kier alpha value is -2.82. The van der Waals surface area contributed by atoms with Gasteiger partial charge in [0.1, 0.15) is 11.8 Å².